The van der Waals surface area contributed by atoms with Crippen LogP contribution in [0.15, 0.2) is 109 Å². The zero-order valence-electron chi connectivity index (χ0n) is 17.3. The molecule has 1 heterocycles. The normalized spacial score (nSPS) is 17.4. The van der Waals surface area contributed by atoms with Gasteiger partial charge in [-0.25, -0.2) is 4.98 Å². The highest BCUT2D eigenvalue weighted by Gasteiger charge is 2.46. The molecule has 4 aromatic rings. The second-order valence-electron chi connectivity index (χ2n) is 7.99. The van der Waals surface area contributed by atoms with Crippen molar-refractivity contribution in [1.82, 2.24) is 9.55 Å². The van der Waals surface area contributed by atoms with Crippen LogP contribution < -0.4 is 0 Å². The fraction of sp³-hybridized carbons (Fsp3) is 0.154. The molecule has 0 radical (unpaired) electrons. The van der Waals surface area contributed by atoms with Crippen molar-refractivity contribution in [2.75, 3.05) is 0 Å². The molecule has 0 bridgehead atoms. The Kier molecular flexibility index (Phi) is 5.06. The fourth-order valence-electron chi connectivity index (χ4n) is 4.61. The molecule has 0 aliphatic heterocycles. The lowest BCUT2D eigenvalue weighted by Gasteiger charge is -2.37. The van der Waals surface area contributed by atoms with Gasteiger partial charge >= 0.3 is 0 Å². The molecule has 1 amide bonds. The summed E-state index contributed by atoms with van der Waals surface area (Å²) in [5, 5.41) is 3.27. The Hall–Kier alpha value is -4.15. The van der Waals surface area contributed by atoms with Crippen LogP contribution in [0.5, 0.6) is 0 Å². The van der Waals surface area contributed by atoms with Gasteiger partial charge in [-0.15, -0.1) is 0 Å². The van der Waals surface area contributed by atoms with Crippen LogP contribution in [0.25, 0.3) is 10.4 Å². The SMILES string of the molecule is [N-]=[N+]=NC(=O)[C@H]1C[C@H]1c1cn(C(c2ccccc2)(c2ccccc2)c2ccccc2)cn1. The third kappa shape index (κ3) is 3.27. The number of benzene rings is 3. The maximum atomic E-state index is 12.0. The van der Waals surface area contributed by atoms with E-state index in [-0.39, 0.29) is 11.8 Å². The van der Waals surface area contributed by atoms with Gasteiger partial charge < -0.3 is 4.57 Å². The van der Waals surface area contributed by atoms with Crippen LogP contribution in [0.3, 0.4) is 0 Å². The van der Waals surface area contributed by atoms with Gasteiger partial charge in [-0.3, -0.25) is 4.79 Å². The molecule has 0 N–H and O–H groups in total. The molecule has 1 aromatic heterocycles. The molecule has 6 heteroatoms. The number of carbonyl (C=O) groups excluding carboxylic acids is 1. The van der Waals surface area contributed by atoms with Crippen LogP contribution in [-0.4, -0.2) is 15.5 Å². The number of azide groups is 1. The van der Waals surface area contributed by atoms with E-state index in [9.17, 15) is 4.79 Å². The van der Waals surface area contributed by atoms with E-state index in [0.29, 0.717) is 6.42 Å². The maximum Gasteiger partial charge on any atom is 0.222 e. The zero-order valence-corrected chi connectivity index (χ0v) is 17.3. The van der Waals surface area contributed by atoms with Crippen molar-refractivity contribution in [2.45, 2.75) is 17.9 Å². The van der Waals surface area contributed by atoms with Gasteiger partial charge in [0.1, 0.15) is 5.54 Å². The van der Waals surface area contributed by atoms with Gasteiger partial charge in [0.2, 0.25) is 5.91 Å². The molecule has 5 rings (SSSR count). The molecule has 2 atom stereocenters. The topological polar surface area (TPSA) is 83.7 Å². The molecule has 1 aliphatic rings. The minimum absolute atomic E-state index is 0.0192. The summed E-state index contributed by atoms with van der Waals surface area (Å²) in [7, 11) is 0. The lowest BCUT2D eigenvalue weighted by Crippen LogP contribution is -2.36. The Labute approximate surface area is 185 Å². The van der Waals surface area contributed by atoms with Crippen molar-refractivity contribution >= 4 is 5.91 Å². The zero-order chi connectivity index (χ0) is 22.0. The fourth-order valence-corrected chi connectivity index (χ4v) is 4.61. The molecule has 0 unspecified atom stereocenters. The summed E-state index contributed by atoms with van der Waals surface area (Å²) in [4.78, 5) is 19.3. The van der Waals surface area contributed by atoms with Crippen molar-refractivity contribution in [2.24, 2.45) is 11.0 Å². The molecule has 32 heavy (non-hydrogen) atoms. The average Bonchev–Trinajstić information content (AvgIpc) is 3.51. The van der Waals surface area contributed by atoms with Crippen molar-refractivity contribution < 1.29 is 4.79 Å². The molecule has 3 aromatic carbocycles. The summed E-state index contributed by atoms with van der Waals surface area (Å²) < 4.78 is 2.13. The summed E-state index contributed by atoms with van der Waals surface area (Å²) >= 11 is 0. The molecule has 156 valence electrons. The Balaban J connectivity index is 1.69. The Morgan fingerprint density at radius 3 is 1.88 bits per heavy atom. The van der Waals surface area contributed by atoms with Crippen LogP contribution in [-0.2, 0) is 10.3 Å². The first-order valence-electron chi connectivity index (χ1n) is 10.5. The van der Waals surface area contributed by atoms with E-state index in [0.717, 1.165) is 22.4 Å². The minimum atomic E-state index is -0.631. The summed E-state index contributed by atoms with van der Waals surface area (Å²) in [5.41, 5.74) is 12.1. The van der Waals surface area contributed by atoms with Gasteiger partial charge in [0, 0.05) is 22.9 Å². The predicted molar refractivity (Wildman–Crippen MR) is 122 cm³/mol. The second-order valence-corrected chi connectivity index (χ2v) is 7.99. The second kappa shape index (κ2) is 8.17. The maximum absolute atomic E-state index is 12.0. The third-order valence-corrected chi connectivity index (χ3v) is 6.20. The number of aromatic nitrogens is 2. The molecule has 1 fully saturated rings. The van der Waals surface area contributed by atoms with Gasteiger partial charge in [-0.1, -0.05) is 91.0 Å². The monoisotopic (exact) mass is 419 g/mol. The van der Waals surface area contributed by atoms with E-state index in [1.807, 2.05) is 67.1 Å². The molecular weight excluding hydrogens is 398 g/mol. The molecule has 0 spiro atoms. The van der Waals surface area contributed by atoms with Crippen LogP contribution in [0.4, 0.5) is 0 Å². The van der Waals surface area contributed by atoms with Crippen molar-refractivity contribution in [1.29, 1.82) is 0 Å². The summed E-state index contributed by atoms with van der Waals surface area (Å²) in [6, 6.07) is 31.1. The third-order valence-electron chi connectivity index (χ3n) is 6.20. The van der Waals surface area contributed by atoms with E-state index in [4.69, 9.17) is 5.53 Å². The summed E-state index contributed by atoms with van der Waals surface area (Å²) in [6.45, 7) is 0. The number of amides is 1. The number of carbonyl (C=O) groups is 1. The lowest BCUT2D eigenvalue weighted by molar-refractivity contribution is -0.119. The van der Waals surface area contributed by atoms with E-state index >= 15 is 0 Å². The van der Waals surface area contributed by atoms with Crippen LogP contribution in [0.2, 0.25) is 0 Å². The standard InChI is InChI=1S/C26H21N5O/c27-30-29-25(32)23-16-22(23)24-17-31(18-28-24)26(19-10-4-1-5-11-19,20-12-6-2-7-13-20)21-14-8-3-9-15-21/h1-15,17-18,22-23H,16H2/t22-,23+/m1/s1. The number of hydrogen-bond acceptors (Lipinski definition) is 2. The molecule has 6 nitrogen and oxygen atoms in total. The highest BCUT2D eigenvalue weighted by Crippen LogP contribution is 2.49. The highest BCUT2D eigenvalue weighted by molar-refractivity contribution is 5.83. The Bertz CT molecular complexity index is 1180. The number of nitrogens with zero attached hydrogens (tertiary/aromatic N) is 5. The highest BCUT2D eigenvalue weighted by atomic mass is 16.2. The van der Waals surface area contributed by atoms with Gasteiger partial charge in [0.25, 0.3) is 0 Å². The Morgan fingerprint density at radius 1 is 0.906 bits per heavy atom. The van der Waals surface area contributed by atoms with Gasteiger partial charge in [0.05, 0.1) is 12.0 Å². The van der Waals surface area contributed by atoms with Crippen molar-refractivity contribution in [3.63, 3.8) is 0 Å². The van der Waals surface area contributed by atoms with E-state index in [1.54, 1.807) is 0 Å². The molecule has 1 saturated carbocycles. The first-order chi connectivity index (χ1) is 15.7. The van der Waals surface area contributed by atoms with Crippen molar-refractivity contribution in [3.05, 3.63) is 136 Å². The molecule has 0 saturated heterocycles. The first-order valence-corrected chi connectivity index (χ1v) is 10.5. The number of imidazole rings is 1. The summed E-state index contributed by atoms with van der Waals surface area (Å²) in [6.07, 6.45) is 4.53. The lowest BCUT2D eigenvalue weighted by atomic mass is 9.77. The van der Waals surface area contributed by atoms with E-state index in [1.165, 1.54) is 0 Å². The van der Waals surface area contributed by atoms with Gasteiger partial charge in [0.15, 0.2) is 0 Å². The van der Waals surface area contributed by atoms with Gasteiger partial charge in [-0.05, 0) is 33.8 Å². The Morgan fingerprint density at radius 2 is 1.41 bits per heavy atom. The van der Waals surface area contributed by atoms with E-state index < -0.39 is 11.4 Å². The smallest absolute Gasteiger partial charge is 0.222 e. The van der Waals surface area contributed by atoms with E-state index in [2.05, 4.69) is 56.0 Å². The largest absolute Gasteiger partial charge is 0.319 e. The molecule has 1 aliphatic carbocycles. The van der Waals surface area contributed by atoms with Crippen LogP contribution in [0.1, 0.15) is 34.7 Å². The quantitative estimate of drug-likeness (QED) is 0.175. The minimum Gasteiger partial charge on any atom is -0.319 e. The average molecular weight is 419 g/mol. The van der Waals surface area contributed by atoms with Crippen LogP contribution in [0, 0.1) is 5.92 Å². The summed E-state index contributed by atoms with van der Waals surface area (Å²) in [5.74, 6) is -0.712. The van der Waals surface area contributed by atoms with Gasteiger partial charge in [-0.2, -0.15) is 0 Å². The predicted octanol–water partition coefficient (Wildman–Crippen LogP) is 5.66. The van der Waals surface area contributed by atoms with Crippen molar-refractivity contribution in [3.8, 4) is 0 Å². The van der Waals surface area contributed by atoms with Crippen LogP contribution >= 0.6 is 0 Å². The number of rotatable bonds is 6. The molecular formula is C26H21N5O. The number of hydrogen-bond donors (Lipinski definition) is 0. The first kappa shape index (κ1) is 19.8.